The van der Waals surface area contributed by atoms with Gasteiger partial charge in [-0.2, -0.15) is 0 Å². The number of rotatable bonds is 4. The van der Waals surface area contributed by atoms with E-state index in [1.165, 1.54) is 48.9 Å². The topological polar surface area (TPSA) is 35.6 Å². The molecule has 1 saturated carbocycles. The molecule has 2 heterocycles. The first-order chi connectivity index (χ1) is 12.3. The maximum atomic E-state index is 12.6. The standard InChI is InChI=1S/C21H31N3O/c25-20(15-17-5-2-1-3-6-17)24-13-11-23(12-14-24)16-19-8-4-7-18-9-10-22-21(18)19/h4,7-8,17,22H,1-3,5-6,9-16H2. The van der Waals surface area contributed by atoms with Gasteiger partial charge in [-0.15, -0.1) is 0 Å². The first kappa shape index (κ1) is 16.9. The molecule has 1 amide bonds. The second-order valence-electron chi connectivity index (χ2n) is 7.99. The second-order valence-corrected chi connectivity index (χ2v) is 7.99. The Balaban J connectivity index is 1.27. The summed E-state index contributed by atoms with van der Waals surface area (Å²) < 4.78 is 0. The third kappa shape index (κ3) is 4.00. The van der Waals surface area contributed by atoms with E-state index in [1.54, 1.807) is 0 Å². The molecule has 3 aliphatic rings. The van der Waals surface area contributed by atoms with Crippen molar-refractivity contribution < 1.29 is 4.79 Å². The van der Waals surface area contributed by atoms with Gasteiger partial charge in [0.2, 0.25) is 5.91 Å². The molecule has 136 valence electrons. The number of anilines is 1. The first-order valence-corrected chi connectivity index (χ1v) is 10.1. The summed E-state index contributed by atoms with van der Waals surface area (Å²) in [5.74, 6) is 1.05. The van der Waals surface area contributed by atoms with Crippen LogP contribution in [0.4, 0.5) is 5.69 Å². The van der Waals surface area contributed by atoms with E-state index >= 15 is 0 Å². The summed E-state index contributed by atoms with van der Waals surface area (Å²) in [6.07, 6.45) is 8.46. The number of hydrogen-bond acceptors (Lipinski definition) is 3. The van der Waals surface area contributed by atoms with Gasteiger partial charge < -0.3 is 10.2 Å². The lowest BCUT2D eigenvalue weighted by Gasteiger charge is -2.36. The van der Waals surface area contributed by atoms with Gasteiger partial charge in [0.1, 0.15) is 0 Å². The van der Waals surface area contributed by atoms with Gasteiger partial charge in [0.05, 0.1) is 0 Å². The first-order valence-electron chi connectivity index (χ1n) is 10.1. The van der Waals surface area contributed by atoms with E-state index in [9.17, 15) is 4.79 Å². The largest absolute Gasteiger partial charge is 0.384 e. The van der Waals surface area contributed by atoms with Crippen molar-refractivity contribution in [2.45, 2.75) is 51.5 Å². The molecule has 0 bridgehead atoms. The van der Waals surface area contributed by atoms with Gasteiger partial charge in [-0.1, -0.05) is 37.5 Å². The maximum absolute atomic E-state index is 12.6. The predicted octanol–water partition coefficient (Wildman–Crippen LogP) is 3.27. The molecular weight excluding hydrogens is 310 g/mol. The molecule has 0 unspecified atom stereocenters. The normalized spacial score (nSPS) is 21.8. The number of hydrogen-bond donors (Lipinski definition) is 1. The number of amides is 1. The van der Waals surface area contributed by atoms with Crippen molar-refractivity contribution in [3.05, 3.63) is 29.3 Å². The van der Waals surface area contributed by atoms with E-state index in [-0.39, 0.29) is 0 Å². The van der Waals surface area contributed by atoms with Crippen LogP contribution >= 0.6 is 0 Å². The van der Waals surface area contributed by atoms with Crippen molar-refractivity contribution in [1.82, 2.24) is 9.80 Å². The molecule has 2 fully saturated rings. The highest BCUT2D eigenvalue weighted by Crippen LogP contribution is 2.28. The van der Waals surface area contributed by atoms with Crippen molar-refractivity contribution in [1.29, 1.82) is 0 Å². The zero-order valence-electron chi connectivity index (χ0n) is 15.3. The van der Waals surface area contributed by atoms with E-state index < -0.39 is 0 Å². The summed E-state index contributed by atoms with van der Waals surface area (Å²) in [6.45, 7) is 5.86. The number of nitrogens with one attached hydrogen (secondary N) is 1. The maximum Gasteiger partial charge on any atom is 0.222 e. The summed E-state index contributed by atoms with van der Waals surface area (Å²) in [5, 5.41) is 3.54. The highest BCUT2D eigenvalue weighted by atomic mass is 16.2. The van der Waals surface area contributed by atoms with Gasteiger partial charge in [0, 0.05) is 51.4 Å². The minimum absolute atomic E-state index is 0.397. The van der Waals surface area contributed by atoms with Crippen molar-refractivity contribution in [2.75, 3.05) is 38.0 Å². The molecule has 2 aliphatic heterocycles. The van der Waals surface area contributed by atoms with E-state index in [0.29, 0.717) is 11.8 Å². The minimum atomic E-state index is 0.397. The number of piperazine rings is 1. The number of nitrogens with zero attached hydrogens (tertiary/aromatic N) is 2. The van der Waals surface area contributed by atoms with Crippen LogP contribution in [0, 0.1) is 5.92 Å². The van der Waals surface area contributed by atoms with Gasteiger partial charge in [-0.3, -0.25) is 9.69 Å². The SMILES string of the molecule is O=C(CC1CCCCC1)N1CCN(Cc2cccc3c2NCC3)CC1. The molecule has 1 aliphatic carbocycles. The van der Waals surface area contributed by atoms with E-state index in [2.05, 4.69) is 33.3 Å². The summed E-state index contributed by atoms with van der Waals surface area (Å²) in [5.41, 5.74) is 4.23. The number of carbonyl (C=O) groups excluding carboxylic acids is 1. The van der Waals surface area contributed by atoms with Crippen LogP contribution in [-0.4, -0.2) is 48.4 Å². The lowest BCUT2D eigenvalue weighted by atomic mass is 9.86. The molecule has 0 spiro atoms. The molecule has 0 radical (unpaired) electrons. The molecule has 0 aromatic heterocycles. The molecule has 0 atom stereocenters. The van der Waals surface area contributed by atoms with E-state index in [1.807, 2.05) is 0 Å². The quantitative estimate of drug-likeness (QED) is 0.913. The minimum Gasteiger partial charge on any atom is -0.384 e. The Kier molecular flexibility index (Phi) is 5.25. The lowest BCUT2D eigenvalue weighted by molar-refractivity contribution is -0.134. The number of para-hydroxylation sites is 1. The fourth-order valence-electron chi connectivity index (χ4n) is 4.71. The smallest absolute Gasteiger partial charge is 0.222 e. The summed E-state index contributed by atoms with van der Waals surface area (Å²) in [7, 11) is 0. The van der Waals surface area contributed by atoms with Crippen molar-refractivity contribution in [3.8, 4) is 0 Å². The molecule has 1 aromatic carbocycles. The average Bonchev–Trinajstić information content (AvgIpc) is 3.13. The summed E-state index contributed by atoms with van der Waals surface area (Å²) in [6, 6.07) is 6.67. The Morgan fingerprint density at radius 2 is 1.88 bits per heavy atom. The van der Waals surface area contributed by atoms with E-state index in [0.717, 1.165) is 52.1 Å². The van der Waals surface area contributed by atoms with Gasteiger partial charge in [-0.25, -0.2) is 0 Å². The van der Waals surface area contributed by atoms with Gasteiger partial charge in [0.15, 0.2) is 0 Å². The Morgan fingerprint density at radius 1 is 1.08 bits per heavy atom. The highest BCUT2D eigenvalue weighted by molar-refractivity contribution is 5.76. The van der Waals surface area contributed by atoms with Crippen molar-refractivity contribution in [3.63, 3.8) is 0 Å². The summed E-state index contributed by atoms with van der Waals surface area (Å²) in [4.78, 5) is 17.2. The van der Waals surface area contributed by atoms with Gasteiger partial charge in [0.25, 0.3) is 0 Å². The fourth-order valence-corrected chi connectivity index (χ4v) is 4.71. The Labute approximate surface area is 151 Å². The van der Waals surface area contributed by atoms with Crippen LogP contribution in [0.2, 0.25) is 0 Å². The van der Waals surface area contributed by atoms with Crippen LogP contribution in [0.5, 0.6) is 0 Å². The van der Waals surface area contributed by atoms with E-state index in [4.69, 9.17) is 0 Å². The van der Waals surface area contributed by atoms with Crippen LogP contribution in [-0.2, 0) is 17.8 Å². The van der Waals surface area contributed by atoms with Crippen molar-refractivity contribution in [2.24, 2.45) is 5.92 Å². The Morgan fingerprint density at radius 3 is 2.68 bits per heavy atom. The number of benzene rings is 1. The van der Waals surface area contributed by atoms with Crippen LogP contribution in [0.25, 0.3) is 0 Å². The molecule has 25 heavy (non-hydrogen) atoms. The fraction of sp³-hybridized carbons (Fsp3) is 0.667. The molecular formula is C21H31N3O. The van der Waals surface area contributed by atoms with Crippen molar-refractivity contribution >= 4 is 11.6 Å². The highest BCUT2D eigenvalue weighted by Gasteiger charge is 2.25. The Hall–Kier alpha value is -1.55. The van der Waals surface area contributed by atoms with Gasteiger partial charge in [-0.05, 0) is 36.3 Å². The molecule has 1 N–H and O–H groups in total. The predicted molar refractivity (Wildman–Crippen MR) is 102 cm³/mol. The monoisotopic (exact) mass is 341 g/mol. The van der Waals surface area contributed by atoms with Gasteiger partial charge >= 0.3 is 0 Å². The molecule has 1 aromatic rings. The molecule has 1 saturated heterocycles. The third-order valence-corrected chi connectivity index (χ3v) is 6.24. The van der Waals surface area contributed by atoms with Crippen LogP contribution in [0.1, 0.15) is 49.7 Å². The second kappa shape index (κ2) is 7.77. The Bertz CT molecular complexity index is 601. The lowest BCUT2D eigenvalue weighted by Crippen LogP contribution is -2.48. The zero-order valence-corrected chi connectivity index (χ0v) is 15.3. The average molecular weight is 341 g/mol. The molecule has 4 rings (SSSR count). The number of carbonyl (C=O) groups is 1. The molecule has 4 heteroatoms. The number of fused-ring (bicyclic) bond motifs is 1. The van der Waals surface area contributed by atoms with Crippen LogP contribution in [0.15, 0.2) is 18.2 Å². The summed E-state index contributed by atoms with van der Waals surface area (Å²) >= 11 is 0. The van der Waals surface area contributed by atoms with Crippen LogP contribution in [0.3, 0.4) is 0 Å². The third-order valence-electron chi connectivity index (χ3n) is 6.24. The van der Waals surface area contributed by atoms with Crippen LogP contribution < -0.4 is 5.32 Å². The molecule has 4 nitrogen and oxygen atoms in total. The zero-order chi connectivity index (χ0) is 17.1.